The van der Waals surface area contributed by atoms with E-state index in [0.717, 1.165) is 26.2 Å². The lowest BCUT2D eigenvalue weighted by Gasteiger charge is -2.24. The molecule has 0 unspecified atom stereocenters. The fourth-order valence-corrected chi connectivity index (χ4v) is 2.51. The largest absolute Gasteiger partial charge is 0.389 e. The first kappa shape index (κ1) is 14.3. The summed E-state index contributed by atoms with van der Waals surface area (Å²) in [5.41, 5.74) is 1.22. The van der Waals surface area contributed by atoms with Crippen LogP contribution < -0.4 is 4.90 Å². The summed E-state index contributed by atoms with van der Waals surface area (Å²) in [6, 6.07) is 4.96. The van der Waals surface area contributed by atoms with Gasteiger partial charge in [-0.15, -0.1) is 0 Å². The molecule has 0 aromatic heterocycles. The van der Waals surface area contributed by atoms with Crippen LogP contribution in [0.3, 0.4) is 0 Å². The average molecular weight is 266 g/mol. The molecule has 1 N–H and O–H groups in total. The van der Waals surface area contributed by atoms with Crippen LogP contribution in [0.15, 0.2) is 18.2 Å². The van der Waals surface area contributed by atoms with Crippen LogP contribution in [-0.2, 0) is 0 Å². The molecule has 1 aliphatic heterocycles. The number of rotatable bonds is 5. The van der Waals surface area contributed by atoms with Gasteiger partial charge in [0.05, 0.1) is 11.8 Å². The Labute approximate surface area is 114 Å². The highest BCUT2D eigenvalue weighted by atomic mass is 19.1. The Morgan fingerprint density at radius 2 is 2.05 bits per heavy atom. The molecule has 1 aromatic carbocycles. The van der Waals surface area contributed by atoms with Crippen molar-refractivity contribution >= 4 is 5.69 Å². The van der Waals surface area contributed by atoms with Crippen molar-refractivity contribution < 1.29 is 9.50 Å². The number of hydrogen-bond donors (Lipinski definition) is 1. The molecule has 4 heteroatoms. The van der Waals surface area contributed by atoms with Gasteiger partial charge in [0.1, 0.15) is 5.82 Å². The van der Waals surface area contributed by atoms with Gasteiger partial charge < -0.3 is 14.9 Å². The summed E-state index contributed by atoms with van der Waals surface area (Å²) >= 11 is 0. The van der Waals surface area contributed by atoms with E-state index in [1.54, 1.807) is 19.1 Å². The first-order chi connectivity index (χ1) is 9.08. The summed E-state index contributed by atoms with van der Waals surface area (Å²) in [6.07, 6.45) is 1.93. The summed E-state index contributed by atoms with van der Waals surface area (Å²) in [4.78, 5) is 4.36. The number of likely N-dealkylation sites (N-methyl/N-ethyl adjacent to an activating group) is 1. The van der Waals surface area contributed by atoms with Crippen LogP contribution in [-0.4, -0.2) is 43.2 Å². The number of nitrogens with zero attached hydrogens (tertiary/aromatic N) is 2. The van der Waals surface area contributed by atoms with Crippen LogP contribution in [0.2, 0.25) is 0 Å². The van der Waals surface area contributed by atoms with Crippen molar-refractivity contribution in [3.05, 3.63) is 29.6 Å². The summed E-state index contributed by atoms with van der Waals surface area (Å²) in [5, 5.41) is 9.44. The number of halogens is 1. The first-order valence-electron chi connectivity index (χ1n) is 6.99. The number of anilines is 1. The third-order valence-electron chi connectivity index (χ3n) is 3.82. The van der Waals surface area contributed by atoms with Gasteiger partial charge in [0, 0.05) is 20.1 Å². The molecule has 1 saturated heterocycles. The molecule has 1 heterocycles. The second-order valence-corrected chi connectivity index (χ2v) is 5.36. The molecule has 19 heavy (non-hydrogen) atoms. The number of aliphatic hydroxyl groups is 1. The normalized spacial score (nSPS) is 17.7. The molecule has 0 saturated carbocycles. The summed E-state index contributed by atoms with van der Waals surface area (Å²) in [5.74, 6) is -0.262. The van der Waals surface area contributed by atoms with Crippen molar-refractivity contribution in [2.75, 3.05) is 38.1 Å². The Bertz CT molecular complexity index is 417. The number of aliphatic hydroxyl groups excluding tert-OH is 1. The van der Waals surface area contributed by atoms with Gasteiger partial charge in [0.2, 0.25) is 0 Å². The van der Waals surface area contributed by atoms with E-state index in [0.29, 0.717) is 11.3 Å². The highest BCUT2D eigenvalue weighted by Gasteiger charge is 2.14. The number of benzene rings is 1. The molecule has 1 aromatic rings. The van der Waals surface area contributed by atoms with E-state index < -0.39 is 6.10 Å². The fourth-order valence-electron chi connectivity index (χ4n) is 2.51. The molecule has 1 fully saturated rings. The van der Waals surface area contributed by atoms with E-state index in [-0.39, 0.29) is 5.82 Å². The molecule has 0 bridgehead atoms. The van der Waals surface area contributed by atoms with Crippen LogP contribution >= 0.6 is 0 Å². The third kappa shape index (κ3) is 3.67. The molecule has 3 nitrogen and oxygen atoms in total. The van der Waals surface area contributed by atoms with Gasteiger partial charge in [-0.25, -0.2) is 4.39 Å². The minimum atomic E-state index is -0.626. The highest BCUT2D eigenvalue weighted by molar-refractivity contribution is 5.48. The first-order valence-corrected chi connectivity index (χ1v) is 6.99. The minimum Gasteiger partial charge on any atom is -0.389 e. The lowest BCUT2D eigenvalue weighted by atomic mass is 10.1. The van der Waals surface area contributed by atoms with Crippen molar-refractivity contribution in [3.63, 3.8) is 0 Å². The Morgan fingerprint density at radius 3 is 2.63 bits per heavy atom. The van der Waals surface area contributed by atoms with Gasteiger partial charge in [0.15, 0.2) is 0 Å². The molecule has 1 atom stereocenters. The van der Waals surface area contributed by atoms with Crippen LogP contribution in [0.1, 0.15) is 31.4 Å². The van der Waals surface area contributed by atoms with E-state index in [1.165, 1.54) is 18.9 Å². The Hall–Kier alpha value is -1.13. The molecule has 106 valence electrons. The highest BCUT2D eigenvalue weighted by Crippen LogP contribution is 2.22. The average Bonchev–Trinajstić information content (AvgIpc) is 2.88. The van der Waals surface area contributed by atoms with Gasteiger partial charge >= 0.3 is 0 Å². The zero-order chi connectivity index (χ0) is 13.8. The number of hydrogen-bond acceptors (Lipinski definition) is 3. The van der Waals surface area contributed by atoms with Gasteiger partial charge in [-0.3, -0.25) is 0 Å². The molecule has 0 radical (unpaired) electrons. The van der Waals surface area contributed by atoms with E-state index in [1.807, 2.05) is 11.9 Å². The van der Waals surface area contributed by atoms with Crippen LogP contribution in [0.5, 0.6) is 0 Å². The van der Waals surface area contributed by atoms with Crippen LogP contribution in [0.25, 0.3) is 0 Å². The predicted molar refractivity (Wildman–Crippen MR) is 76.0 cm³/mol. The van der Waals surface area contributed by atoms with E-state index in [9.17, 15) is 9.50 Å². The third-order valence-corrected chi connectivity index (χ3v) is 3.82. The molecular formula is C15H23FN2O. The number of likely N-dealkylation sites (tertiary alicyclic amines) is 1. The lowest BCUT2D eigenvalue weighted by Crippen LogP contribution is -2.31. The van der Waals surface area contributed by atoms with Gasteiger partial charge in [0.25, 0.3) is 0 Å². The maximum atomic E-state index is 14.0. The Kier molecular flexibility index (Phi) is 4.77. The van der Waals surface area contributed by atoms with Gasteiger partial charge in [-0.05, 0) is 50.6 Å². The molecule has 0 amide bonds. The smallest absolute Gasteiger partial charge is 0.146 e. The molecule has 0 spiro atoms. The van der Waals surface area contributed by atoms with Crippen LogP contribution in [0, 0.1) is 5.82 Å². The summed E-state index contributed by atoms with van der Waals surface area (Å²) in [7, 11) is 1.91. The molecular weight excluding hydrogens is 243 g/mol. The fraction of sp³-hybridized carbons (Fsp3) is 0.600. The van der Waals surface area contributed by atoms with E-state index in [4.69, 9.17) is 0 Å². The van der Waals surface area contributed by atoms with Crippen molar-refractivity contribution in [1.29, 1.82) is 0 Å². The van der Waals surface area contributed by atoms with Gasteiger partial charge in [-0.1, -0.05) is 6.07 Å². The zero-order valence-electron chi connectivity index (χ0n) is 11.8. The standard InChI is InChI=1S/C15H23FN2O/c1-12(19)13-5-6-15(14(16)11-13)17(2)9-10-18-7-3-4-8-18/h5-6,11-12,19H,3-4,7-10H2,1-2H3/t12-/m1/s1. The van der Waals surface area contributed by atoms with Crippen molar-refractivity contribution in [3.8, 4) is 0 Å². The minimum absolute atomic E-state index is 0.262. The summed E-state index contributed by atoms with van der Waals surface area (Å²) < 4.78 is 14.0. The Balaban J connectivity index is 1.96. The predicted octanol–water partition coefficient (Wildman–Crippen LogP) is 2.41. The second kappa shape index (κ2) is 6.35. The quantitative estimate of drug-likeness (QED) is 0.886. The van der Waals surface area contributed by atoms with Crippen molar-refractivity contribution in [2.24, 2.45) is 0 Å². The lowest BCUT2D eigenvalue weighted by molar-refractivity contribution is 0.199. The monoisotopic (exact) mass is 266 g/mol. The van der Waals surface area contributed by atoms with Crippen molar-refractivity contribution in [1.82, 2.24) is 4.90 Å². The van der Waals surface area contributed by atoms with E-state index in [2.05, 4.69) is 4.90 Å². The maximum absolute atomic E-state index is 14.0. The van der Waals surface area contributed by atoms with E-state index >= 15 is 0 Å². The molecule has 1 aliphatic rings. The summed E-state index contributed by atoms with van der Waals surface area (Å²) in [6.45, 7) is 5.78. The van der Waals surface area contributed by atoms with Crippen LogP contribution in [0.4, 0.5) is 10.1 Å². The topological polar surface area (TPSA) is 26.7 Å². The van der Waals surface area contributed by atoms with Gasteiger partial charge in [-0.2, -0.15) is 0 Å². The zero-order valence-corrected chi connectivity index (χ0v) is 11.8. The molecule has 0 aliphatic carbocycles. The maximum Gasteiger partial charge on any atom is 0.146 e. The second-order valence-electron chi connectivity index (χ2n) is 5.36. The Morgan fingerprint density at radius 1 is 1.37 bits per heavy atom. The van der Waals surface area contributed by atoms with Crippen molar-refractivity contribution in [2.45, 2.75) is 25.9 Å². The SMILES string of the molecule is C[C@@H](O)c1ccc(N(C)CCN2CCCC2)c(F)c1. The molecule has 2 rings (SSSR count).